The van der Waals surface area contributed by atoms with Crippen LogP contribution in [0.3, 0.4) is 0 Å². The van der Waals surface area contributed by atoms with Crippen LogP contribution in [0.15, 0.2) is 29.2 Å². The van der Waals surface area contributed by atoms with E-state index in [-0.39, 0.29) is 23.3 Å². The van der Waals surface area contributed by atoms with E-state index in [1.165, 1.54) is 0 Å². The Morgan fingerprint density at radius 3 is 2.96 bits per heavy atom. The number of hydrogen-bond acceptors (Lipinski definition) is 4. The van der Waals surface area contributed by atoms with Crippen molar-refractivity contribution in [3.05, 3.63) is 40.4 Å². The first-order chi connectivity index (χ1) is 11.7. The maximum absolute atomic E-state index is 12.6. The van der Waals surface area contributed by atoms with Crippen molar-refractivity contribution in [2.24, 2.45) is 5.92 Å². The average Bonchev–Trinajstić information content (AvgIpc) is 3.12. The van der Waals surface area contributed by atoms with Crippen molar-refractivity contribution in [3.63, 3.8) is 0 Å². The highest BCUT2D eigenvalue weighted by Crippen LogP contribution is 2.29. The lowest BCUT2D eigenvalue weighted by Crippen LogP contribution is -2.37. The normalized spacial score (nSPS) is 22.2. The van der Waals surface area contributed by atoms with Crippen LogP contribution in [0.1, 0.15) is 30.9 Å². The molecule has 24 heavy (non-hydrogen) atoms. The molecule has 0 bridgehead atoms. The average molecular weight is 327 g/mol. The van der Waals surface area contributed by atoms with Crippen LogP contribution in [0.5, 0.6) is 0 Å². The van der Waals surface area contributed by atoms with Crippen molar-refractivity contribution >= 4 is 16.8 Å². The Morgan fingerprint density at radius 1 is 1.29 bits per heavy atom. The first-order valence-corrected chi connectivity index (χ1v) is 8.57. The van der Waals surface area contributed by atoms with Gasteiger partial charge in [0.05, 0.1) is 10.9 Å². The van der Waals surface area contributed by atoms with Crippen LogP contribution < -0.4 is 5.56 Å². The molecule has 1 N–H and O–H groups in total. The van der Waals surface area contributed by atoms with Gasteiger partial charge in [0.2, 0.25) is 5.91 Å². The summed E-state index contributed by atoms with van der Waals surface area (Å²) < 4.78 is 5.34. The largest absolute Gasteiger partial charge is 0.381 e. The summed E-state index contributed by atoms with van der Waals surface area (Å²) in [7, 11) is 0. The summed E-state index contributed by atoms with van der Waals surface area (Å²) in [5, 5.41) is 0.606. The number of nitrogens with one attached hydrogen (secondary N) is 1. The van der Waals surface area contributed by atoms with Gasteiger partial charge in [0, 0.05) is 50.0 Å². The fraction of sp³-hybridized carbons (Fsp3) is 0.500. The number of fused-ring (bicyclic) bond motifs is 1. The summed E-state index contributed by atoms with van der Waals surface area (Å²) in [6.45, 7) is 2.78. The van der Waals surface area contributed by atoms with E-state index in [2.05, 4.69) is 9.97 Å². The summed E-state index contributed by atoms with van der Waals surface area (Å²) in [4.78, 5) is 34.1. The molecule has 2 aromatic rings. The molecule has 0 aromatic carbocycles. The van der Waals surface area contributed by atoms with Crippen molar-refractivity contribution in [2.75, 3.05) is 26.3 Å². The van der Waals surface area contributed by atoms with Crippen LogP contribution in [0.4, 0.5) is 0 Å². The van der Waals surface area contributed by atoms with Gasteiger partial charge in [-0.05, 0) is 37.5 Å². The van der Waals surface area contributed by atoms with Crippen LogP contribution in [0.25, 0.3) is 10.9 Å². The highest BCUT2D eigenvalue weighted by Gasteiger charge is 2.32. The Bertz CT molecular complexity index is 811. The van der Waals surface area contributed by atoms with Crippen molar-refractivity contribution in [2.45, 2.75) is 25.2 Å². The second-order valence-corrected chi connectivity index (χ2v) is 6.65. The third-order valence-electron chi connectivity index (χ3n) is 5.14. The maximum Gasteiger partial charge on any atom is 0.257 e. The highest BCUT2D eigenvalue weighted by atomic mass is 16.5. The summed E-state index contributed by atoms with van der Waals surface area (Å²) in [5.41, 5.74) is 1.49. The number of pyridine rings is 2. The lowest BCUT2D eigenvalue weighted by molar-refractivity contribution is -0.137. The molecule has 126 valence electrons. The number of rotatable bonds is 2. The number of likely N-dealkylation sites (tertiary alicyclic amines) is 1. The zero-order valence-corrected chi connectivity index (χ0v) is 13.5. The predicted molar refractivity (Wildman–Crippen MR) is 89.8 cm³/mol. The fourth-order valence-electron chi connectivity index (χ4n) is 3.74. The van der Waals surface area contributed by atoms with E-state index in [1.807, 2.05) is 11.0 Å². The number of aromatic amines is 1. The van der Waals surface area contributed by atoms with Crippen LogP contribution in [-0.4, -0.2) is 47.1 Å². The van der Waals surface area contributed by atoms with Crippen LogP contribution >= 0.6 is 0 Å². The Kier molecular flexibility index (Phi) is 4.06. The zero-order valence-electron chi connectivity index (χ0n) is 13.5. The van der Waals surface area contributed by atoms with Gasteiger partial charge in [0.1, 0.15) is 0 Å². The molecule has 4 rings (SSSR count). The van der Waals surface area contributed by atoms with Crippen LogP contribution in [0.2, 0.25) is 0 Å². The van der Waals surface area contributed by atoms with Gasteiger partial charge < -0.3 is 14.6 Å². The fourth-order valence-corrected chi connectivity index (χ4v) is 3.74. The van der Waals surface area contributed by atoms with E-state index in [0.717, 1.165) is 31.5 Å². The third-order valence-corrected chi connectivity index (χ3v) is 5.14. The van der Waals surface area contributed by atoms with Crippen molar-refractivity contribution in [1.82, 2.24) is 14.9 Å². The predicted octanol–water partition coefficient (Wildman–Crippen LogP) is 1.67. The monoisotopic (exact) mass is 327 g/mol. The van der Waals surface area contributed by atoms with Gasteiger partial charge in [-0.15, -0.1) is 0 Å². The van der Waals surface area contributed by atoms with Crippen LogP contribution in [-0.2, 0) is 9.53 Å². The molecule has 0 spiro atoms. The first-order valence-electron chi connectivity index (χ1n) is 8.57. The van der Waals surface area contributed by atoms with Gasteiger partial charge in [0.15, 0.2) is 0 Å². The minimum Gasteiger partial charge on any atom is -0.381 e. The molecule has 0 radical (unpaired) electrons. The van der Waals surface area contributed by atoms with Crippen LogP contribution in [0, 0.1) is 5.92 Å². The number of ether oxygens (including phenoxy) is 1. The molecule has 6 heteroatoms. The molecule has 2 saturated heterocycles. The summed E-state index contributed by atoms with van der Waals surface area (Å²) in [5.74, 6) is 0.504. The van der Waals surface area contributed by atoms with Crippen molar-refractivity contribution in [1.29, 1.82) is 0 Å². The molecule has 1 amide bonds. The van der Waals surface area contributed by atoms with Gasteiger partial charge in [-0.3, -0.25) is 14.6 Å². The lowest BCUT2D eigenvalue weighted by Gasteiger charge is -2.26. The molecular formula is C18H21N3O3. The molecular weight excluding hydrogens is 306 g/mol. The first kappa shape index (κ1) is 15.3. The minimum atomic E-state index is -0.107. The van der Waals surface area contributed by atoms with E-state index in [1.54, 1.807) is 18.3 Å². The molecule has 0 aliphatic carbocycles. The van der Waals surface area contributed by atoms with E-state index < -0.39 is 0 Å². The molecule has 4 heterocycles. The standard InChI is InChI=1S/C18H21N3O3/c22-17-14-2-1-6-19-16(14)10-15(20-17)13-3-7-21(11-13)18(23)12-4-8-24-9-5-12/h1-2,6,10,12-13H,3-5,7-9,11H2,(H,20,22). The molecule has 2 fully saturated rings. The topological polar surface area (TPSA) is 75.3 Å². The van der Waals surface area contributed by atoms with Crippen molar-refractivity contribution < 1.29 is 9.53 Å². The van der Waals surface area contributed by atoms with E-state index in [9.17, 15) is 9.59 Å². The minimum absolute atomic E-state index is 0.0924. The number of carbonyl (C=O) groups is 1. The molecule has 1 unspecified atom stereocenters. The summed E-state index contributed by atoms with van der Waals surface area (Å²) >= 11 is 0. The second kappa shape index (κ2) is 6.36. The quantitative estimate of drug-likeness (QED) is 0.910. The lowest BCUT2D eigenvalue weighted by atomic mass is 9.98. The van der Waals surface area contributed by atoms with Gasteiger partial charge in [-0.2, -0.15) is 0 Å². The van der Waals surface area contributed by atoms with Gasteiger partial charge >= 0.3 is 0 Å². The molecule has 2 aliphatic heterocycles. The Labute approximate surface area is 139 Å². The third kappa shape index (κ3) is 2.82. The molecule has 6 nitrogen and oxygen atoms in total. The van der Waals surface area contributed by atoms with Crippen molar-refractivity contribution in [3.8, 4) is 0 Å². The Morgan fingerprint density at radius 2 is 2.12 bits per heavy atom. The summed E-state index contributed by atoms with van der Waals surface area (Å²) in [6, 6.07) is 5.49. The second-order valence-electron chi connectivity index (χ2n) is 6.65. The number of nitrogens with zero attached hydrogens (tertiary/aromatic N) is 2. The van der Waals surface area contributed by atoms with E-state index >= 15 is 0 Å². The molecule has 2 aliphatic rings. The zero-order chi connectivity index (χ0) is 16.5. The summed E-state index contributed by atoms with van der Waals surface area (Å²) in [6.07, 6.45) is 4.21. The Balaban J connectivity index is 1.52. The Hall–Kier alpha value is -2.21. The van der Waals surface area contributed by atoms with Gasteiger partial charge in [-0.25, -0.2) is 0 Å². The molecule has 1 atom stereocenters. The maximum atomic E-state index is 12.6. The number of hydrogen-bond donors (Lipinski definition) is 1. The highest BCUT2D eigenvalue weighted by molar-refractivity contribution is 5.80. The smallest absolute Gasteiger partial charge is 0.257 e. The molecule has 2 aromatic heterocycles. The molecule has 0 saturated carbocycles. The number of carbonyl (C=O) groups excluding carboxylic acids is 1. The van der Waals surface area contributed by atoms with Gasteiger partial charge in [-0.1, -0.05) is 0 Å². The van der Waals surface area contributed by atoms with Gasteiger partial charge in [0.25, 0.3) is 5.56 Å². The van der Waals surface area contributed by atoms with E-state index in [0.29, 0.717) is 30.7 Å². The number of H-pyrrole nitrogens is 1. The SMILES string of the molecule is O=C(C1CCOCC1)N1CCC(c2cc3ncccc3c(=O)[nH]2)C1. The number of aromatic nitrogens is 2. The number of amides is 1. The van der Waals surface area contributed by atoms with E-state index in [4.69, 9.17) is 4.74 Å².